The predicted octanol–water partition coefficient (Wildman–Crippen LogP) is 1.46. The van der Waals surface area contributed by atoms with Crippen molar-refractivity contribution < 1.29 is 4.79 Å². The highest BCUT2D eigenvalue weighted by atomic mass is 79.9. The van der Waals surface area contributed by atoms with Crippen LogP contribution in [-0.4, -0.2) is 22.7 Å². The Balaban J connectivity index is 2.38. The van der Waals surface area contributed by atoms with E-state index in [1.54, 1.807) is 17.3 Å². The molecule has 0 bridgehead atoms. The third-order valence-corrected chi connectivity index (χ3v) is 3.29. The Kier molecular flexibility index (Phi) is 2.88. The molecule has 1 amide bonds. The van der Waals surface area contributed by atoms with Gasteiger partial charge in [-0.05, 0) is 15.9 Å². The molecule has 1 saturated heterocycles. The first-order valence-corrected chi connectivity index (χ1v) is 5.78. The van der Waals surface area contributed by atoms with Gasteiger partial charge in [-0.25, -0.2) is 0 Å². The molecule has 0 aromatic carbocycles. The van der Waals surface area contributed by atoms with Crippen molar-refractivity contribution in [1.82, 2.24) is 4.98 Å². The average Bonchev–Trinajstić information content (AvgIpc) is 2.50. The van der Waals surface area contributed by atoms with Crippen LogP contribution in [0.5, 0.6) is 0 Å². The maximum absolute atomic E-state index is 11.6. The lowest BCUT2D eigenvalue weighted by Crippen LogP contribution is -2.25. The van der Waals surface area contributed by atoms with E-state index < -0.39 is 0 Å². The SMILES string of the molecule is Nc1c(Br)cncc1N1CC(S)CC1=O. The molecule has 1 aromatic heterocycles. The number of nitrogens with two attached hydrogens (primary N) is 1. The number of amides is 1. The van der Waals surface area contributed by atoms with E-state index in [2.05, 4.69) is 33.5 Å². The summed E-state index contributed by atoms with van der Waals surface area (Å²) in [6.45, 7) is 0.588. The number of hydrogen-bond acceptors (Lipinski definition) is 4. The summed E-state index contributed by atoms with van der Waals surface area (Å²) in [5.74, 6) is 0.0431. The zero-order valence-corrected chi connectivity index (χ0v) is 10.3. The van der Waals surface area contributed by atoms with Crippen molar-refractivity contribution in [1.29, 1.82) is 0 Å². The van der Waals surface area contributed by atoms with Crippen LogP contribution in [0.1, 0.15) is 6.42 Å². The van der Waals surface area contributed by atoms with Gasteiger partial charge in [0.15, 0.2) is 0 Å². The summed E-state index contributed by atoms with van der Waals surface area (Å²) in [5.41, 5.74) is 7.07. The molecule has 1 unspecified atom stereocenters. The molecule has 6 heteroatoms. The Morgan fingerprint density at radius 3 is 2.93 bits per heavy atom. The number of carbonyl (C=O) groups excluding carboxylic acids is 1. The van der Waals surface area contributed by atoms with Gasteiger partial charge in [-0.2, -0.15) is 12.6 Å². The van der Waals surface area contributed by atoms with E-state index in [4.69, 9.17) is 5.73 Å². The average molecular weight is 288 g/mol. The van der Waals surface area contributed by atoms with Gasteiger partial charge in [0, 0.05) is 24.4 Å². The topological polar surface area (TPSA) is 59.2 Å². The van der Waals surface area contributed by atoms with Gasteiger partial charge in [-0.1, -0.05) is 0 Å². The highest BCUT2D eigenvalue weighted by Crippen LogP contribution is 2.32. The molecule has 1 atom stereocenters. The lowest BCUT2D eigenvalue weighted by molar-refractivity contribution is -0.117. The summed E-state index contributed by atoms with van der Waals surface area (Å²) < 4.78 is 0.704. The number of nitrogens with zero attached hydrogens (tertiary/aromatic N) is 2. The van der Waals surface area contributed by atoms with Crippen LogP contribution in [0.4, 0.5) is 11.4 Å². The molecule has 0 aliphatic carbocycles. The molecule has 2 heterocycles. The van der Waals surface area contributed by atoms with E-state index in [1.165, 1.54) is 0 Å². The van der Waals surface area contributed by atoms with Crippen molar-refractivity contribution >= 4 is 45.8 Å². The Bertz CT molecular complexity index is 412. The van der Waals surface area contributed by atoms with Crippen LogP contribution in [0.15, 0.2) is 16.9 Å². The summed E-state index contributed by atoms with van der Waals surface area (Å²) in [6, 6.07) is 0. The zero-order chi connectivity index (χ0) is 11.0. The number of aromatic nitrogens is 1. The number of anilines is 2. The Morgan fingerprint density at radius 1 is 1.60 bits per heavy atom. The smallest absolute Gasteiger partial charge is 0.228 e. The van der Waals surface area contributed by atoms with E-state index in [0.29, 0.717) is 28.8 Å². The van der Waals surface area contributed by atoms with Gasteiger partial charge in [0.1, 0.15) is 0 Å². The van der Waals surface area contributed by atoms with Crippen LogP contribution >= 0.6 is 28.6 Å². The molecule has 1 aromatic rings. The standard InChI is InChI=1S/C9H10BrN3OS/c10-6-2-12-3-7(9(6)11)13-4-5(15)1-8(13)14/h2-3,5,15H,1,4H2,(H2,11,12). The van der Waals surface area contributed by atoms with E-state index in [1.807, 2.05) is 0 Å². The van der Waals surface area contributed by atoms with Crippen molar-refractivity contribution in [2.75, 3.05) is 17.2 Å². The van der Waals surface area contributed by atoms with Gasteiger partial charge in [-0.3, -0.25) is 9.78 Å². The molecule has 2 rings (SSSR count). The van der Waals surface area contributed by atoms with Crippen molar-refractivity contribution in [2.45, 2.75) is 11.7 Å². The fourth-order valence-electron chi connectivity index (χ4n) is 1.57. The van der Waals surface area contributed by atoms with Gasteiger partial charge >= 0.3 is 0 Å². The van der Waals surface area contributed by atoms with Crippen molar-refractivity contribution in [3.63, 3.8) is 0 Å². The number of pyridine rings is 1. The fourth-order valence-corrected chi connectivity index (χ4v) is 2.21. The van der Waals surface area contributed by atoms with Gasteiger partial charge in [0.05, 0.1) is 22.0 Å². The second kappa shape index (κ2) is 4.02. The number of halogens is 1. The molecule has 15 heavy (non-hydrogen) atoms. The van der Waals surface area contributed by atoms with Crippen molar-refractivity contribution in [2.24, 2.45) is 0 Å². The number of rotatable bonds is 1. The summed E-state index contributed by atoms with van der Waals surface area (Å²) >= 11 is 7.57. The van der Waals surface area contributed by atoms with Gasteiger partial charge in [0.25, 0.3) is 0 Å². The van der Waals surface area contributed by atoms with E-state index >= 15 is 0 Å². The molecular weight excluding hydrogens is 278 g/mol. The normalized spacial score (nSPS) is 21.1. The summed E-state index contributed by atoms with van der Waals surface area (Å²) in [7, 11) is 0. The summed E-state index contributed by atoms with van der Waals surface area (Å²) in [4.78, 5) is 17.3. The van der Waals surface area contributed by atoms with Crippen LogP contribution in [0.2, 0.25) is 0 Å². The molecule has 1 fully saturated rings. The van der Waals surface area contributed by atoms with E-state index in [-0.39, 0.29) is 11.2 Å². The Morgan fingerprint density at radius 2 is 2.33 bits per heavy atom. The zero-order valence-electron chi connectivity index (χ0n) is 7.85. The van der Waals surface area contributed by atoms with Crippen molar-refractivity contribution in [3.05, 3.63) is 16.9 Å². The fraction of sp³-hybridized carbons (Fsp3) is 0.333. The van der Waals surface area contributed by atoms with Gasteiger partial charge < -0.3 is 10.6 Å². The van der Waals surface area contributed by atoms with Gasteiger partial charge in [0.2, 0.25) is 5.91 Å². The molecule has 2 N–H and O–H groups in total. The molecular formula is C9H10BrN3OS. The largest absolute Gasteiger partial charge is 0.396 e. The van der Waals surface area contributed by atoms with Crippen LogP contribution in [0, 0.1) is 0 Å². The minimum absolute atomic E-state index is 0.0431. The van der Waals surface area contributed by atoms with Crippen LogP contribution in [0.25, 0.3) is 0 Å². The molecule has 1 aliphatic rings. The highest BCUT2D eigenvalue weighted by molar-refractivity contribution is 9.10. The van der Waals surface area contributed by atoms with E-state index in [9.17, 15) is 4.79 Å². The quantitative estimate of drug-likeness (QED) is 0.769. The van der Waals surface area contributed by atoms with E-state index in [0.717, 1.165) is 0 Å². The first-order valence-electron chi connectivity index (χ1n) is 4.47. The van der Waals surface area contributed by atoms with Crippen LogP contribution in [0.3, 0.4) is 0 Å². The molecule has 0 saturated carbocycles. The third-order valence-electron chi connectivity index (χ3n) is 2.31. The minimum Gasteiger partial charge on any atom is -0.396 e. The minimum atomic E-state index is 0.0431. The van der Waals surface area contributed by atoms with Crippen molar-refractivity contribution in [3.8, 4) is 0 Å². The molecule has 1 aliphatic heterocycles. The highest BCUT2D eigenvalue weighted by Gasteiger charge is 2.29. The maximum Gasteiger partial charge on any atom is 0.228 e. The number of hydrogen-bond donors (Lipinski definition) is 2. The third kappa shape index (κ3) is 1.96. The predicted molar refractivity (Wildman–Crippen MR) is 66.1 cm³/mol. The number of thiol groups is 1. The summed E-state index contributed by atoms with van der Waals surface area (Å²) in [6.07, 6.45) is 3.66. The molecule has 0 spiro atoms. The molecule has 80 valence electrons. The number of nitrogen functional groups attached to an aromatic ring is 1. The number of carbonyl (C=O) groups is 1. The second-order valence-electron chi connectivity index (χ2n) is 3.42. The van der Waals surface area contributed by atoms with Gasteiger partial charge in [-0.15, -0.1) is 0 Å². The van der Waals surface area contributed by atoms with Crippen LogP contribution < -0.4 is 10.6 Å². The maximum atomic E-state index is 11.6. The first-order chi connectivity index (χ1) is 7.09. The molecule has 4 nitrogen and oxygen atoms in total. The lowest BCUT2D eigenvalue weighted by atomic mass is 10.3. The lowest BCUT2D eigenvalue weighted by Gasteiger charge is -2.18. The van der Waals surface area contributed by atoms with Crippen LogP contribution in [-0.2, 0) is 4.79 Å². The monoisotopic (exact) mass is 287 g/mol. The Hall–Kier alpha value is -0.750. The second-order valence-corrected chi connectivity index (χ2v) is 5.00. The summed E-state index contributed by atoms with van der Waals surface area (Å²) in [5, 5.41) is 0.0795. The first kappa shape index (κ1) is 10.8. The molecule has 0 radical (unpaired) electrons. The Labute approximate surface area is 101 Å².